The van der Waals surface area contributed by atoms with Gasteiger partial charge in [0.2, 0.25) is 0 Å². The van der Waals surface area contributed by atoms with Gasteiger partial charge in [-0.3, -0.25) is 14.1 Å². The highest BCUT2D eigenvalue weighted by Gasteiger charge is 2.33. The van der Waals surface area contributed by atoms with E-state index < -0.39 is 6.23 Å². The summed E-state index contributed by atoms with van der Waals surface area (Å²) < 4.78 is 1.92. The number of aliphatic hydroxyl groups is 1. The van der Waals surface area contributed by atoms with Gasteiger partial charge >= 0.3 is 0 Å². The summed E-state index contributed by atoms with van der Waals surface area (Å²) in [6.07, 6.45) is 7.43. The zero-order valence-corrected chi connectivity index (χ0v) is 19.4. The van der Waals surface area contributed by atoms with Crippen LogP contribution < -0.4 is 11.1 Å². The number of nitriles is 1. The lowest BCUT2D eigenvalue weighted by molar-refractivity contribution is 0.0294. The first-order valence-electron chi connectivity index (χ1n) is 11.5. The number of hydrogen-bond donors (Lipinski definition) is 3. The second-order valence-corrected chi connectivity index (χ2v) is 8.47. The fraction of sp³-hybridized carbons (Fsp3) is 0.192. The fourth-order valence-corrected chi connectivity index (χ4v) is 4.58. The van der Waals surface area contributed by atoms with Crippen LogP contribution in [-0.2, 0) is 0 Å². The molecule has 1 fully saturated rings. The van der Waals surface area contributed by atoms with Gasteiger partial charge in [0, 0.05) is 36.3 Å². The Morgan fingerprint density at radius 3 is 2.83 bits per heavy atom. The van der Waals surface area contributed by atoms with Gasteiger partial charge in [-0.15, -0.1) is 0 Å². The normalized spacial score (nSPS) is 16.5. The molecule has 0 spiro atoms. The predicted molar refractivity (Wildman–Crippen MR) is 135 cm³/mol. The molecule has 0 aliphatic carbocycles. The number of rotatable bonds is 6. The molecule has 1 saturated heterocycles. The molecule has 1 aliphatic heterocycles. The van der Waals surface area contributed by atoms with E-state index in [1.54, 1.807) is 36.5 Å². The van der Waals surface area contributed by atoms with Crippen LogP contribution in [0.2, 0.25) is 0 Å². The van der Waals surface area contributed by atoms with E-state index in [-0.39, 0.29) is 11.9 Å². The van der Waals surface area contributed by atoms with Crippen LogP contribution in [0, 0.1) is 11.3 Å². The van der Waals surface area contributed by atoms with Crippen molar-refractivity contribution in [1.82, 2.24) is 24.3 Å². The van der Waals surface area contributed by atoms with E-state index in [4.69, 9.17) is 16.0 Å². The quantitative estimate of drug-likeness (QED) is 0.357. The van der Waals surface area contributed by atoms with Crippen molar-refractivity contribution in [3.8, 4) is 17.3 Å². The molecule has 0 saturated carbocycles. The van der Waals surface area contributed by atoms with E-state index >= 15 is 0 Å². The number of benzene rings is 1. The van der Waals surface area contributed by atoms with E-state index in [1.807, 2.05) is 21.6 Å². The first-order chi connectivity index (χ1) is 17.5. The zero-order valence-electron chi connectivity index (χ0n) is 19.4. The Balaban J connectivity index is 1.48. The van der Waals surface area contributed by atoms with Crippen LogP contribution in [0.15, 0.2) is 67.6 Å². The summed E-state index contributed by atoms with van der Waals surface area (Å²) in [7, 11) is 0. The Morgan fingerprint density at radius 2 is 2.08 bits per heavy atom. The van der Waals surface area contributed by atoms with Crippen molar-refractivity contribution >= 4 is 23.1 Å². The van der Waals surface area contributed by atoms with Crippen LogP contribution in [0.4, 0.5) is 11.6 Å². The number of fused-ring (bicyclic) bond motifs is 1. The molecule has 4 N–H and O–H groups in total. The first kappa shape index (κ1) is 23.2. The molecule has 180 valence electrons. The number of carbonyl (C=O) groups is 1. The van der Waals surface area contributed by atoms with E-state index in [0.717, 1.165) is 30.8 Å². The number of nitrogens with two attached hydrogens (primary N) is 1. The van der Waals surface area contributed by atoms with Crippen molar-refractivity contribution in [3.05, 3.63) is 84.6 Å². The summed E-state index contributed by atoms with van der Waals surface area (Å²) in [6.45, 7) is 4.45. The summed E-state index contributed by atoms with van der Waals surface area (Å²) in [5.74, 6) is 1.05. The number of pyridine rings is 1. The smallest absolute Gasteiger partial charge is 0.256 e. The number of nitrogens with zero attached hydrogens (tertiary/aromatic N) is 6. The highest BCUT2D eigenvalue weighted by molar-refractivity contribution is 6.04. The minimum atomic E-state index is -0.770. The fourth-order valence-electron chi connectivity index (χ4n) is 4.58. The van der Waals surface area contributed by atoms with Gasteiger partial charge in [-0.05, 0) is 43.2 Å². The number of nitrogens with one attached hydrogen (secondary N) is 1. The second-order valence-electron chi connectivity index (χ2n) is 8.47. The number of likely N-dealkylation sites (tertiary alicyclic amines) is 1. The van der Waals surface area contributed by atoms with Crippen molar-refractivity contribution in [2.75, 3.05) is 17.6 Å². The molecule has 0 radical (unpaired) electrons. The van der Waals surface area contributed by atoms with Crippen LogP contribution in [0.5, 0.6) is 0 Å². The lowest BCUT2D eigenvalue weighted by Gasteiger charge is -2.26. The van der Waals surface area contributed by atoms with Crippen molar-refractivity contribution in [1.29, 1.82) is 5.26 Å². The van der Waals surface area contributed by atoms with Gasteiger partial charge in [0.1, 0.15) is 34.9 Å². The molecule has 1 aliphatic rings. The summed E-state index contributed by atoms with van der Waals surface area (Å²) in [6, 6.07) is 12.0. The molecule has 1 unspecified atom stereocenters. The number of hydrogen-bond acceptors (Lipinski definition) is 8. The maximum Gasteiger partial charge on any atom is 0.256 e. The SMILES string of the molecule is C=CC(O)N1CCC[C@H]1c1nc(-c2ccc(C(=O)Nc3cc(C#N)ccn3)cc2)c2c(N)nccn12. The minimum Gasteiger partial charge on any atom is -0.382 e. The molecule has 2 atom stereocenters. The molecule has 1 aromatic carbocycles. The Kier molecular flexibility index (Phi) is 6.16. The van der Waals surface area contributed by atoms with Gasteiger partial charge in [0.15, 0.2) is 0 Å². The van der Waals surface area contributed by atoms with Crippen LogP contribution in [0.25, 0.3) is 16.8 Å². The lowest BCUT2D eigenvalue weighted by Crippen LogP contribution is -2.33. The summed E-state index contributed by atoms with van der Waals surface area (Å²) in [5.41, 5.74) is 9.19. The maximum atomic E-state index is 12.7. The van der Waals surface area contributed by atoms with Crippen molar-refractivity contribution < 1.29 is 9.90 Å². The molecule has 4 aromatic rings. The van der Waals surface area contributed by atoms with Gasteiger partial charge in [0.25, 0.3) is 5.91 Å². The van der Waals surface area contributed by atoms with Crippen LogP contribution in [0.3, 0.4) is 0 Å². The summed E-state index contributed by atoms with van der Waals surface area (Å²) in [5, 5.41) is 22.2. The molecule has 3 aromatic heterocycles. The van der Waals surface area contributed by atoms with Crippen molar-refractivity contribution in [2.45, 2.75) is 25.1 Å². The van der Waals surface area contributed by atoms with E-state index in [9.17, 15) is 9.90 Å². The van der Waals surface area contributed by atoms with Crippen LogP contribution in [0.1, 0.15) is 40.6 Å². The van der Waals surface area contributed by atoms with E-state index in [1.165, 1.54) is 18.3 Å². The third kappa shape index (κ3) is 4.17. The monoisotopic (exact) mass is 480 g/mol. The van der Waals surface area contributed by atoms with Crippen LogP contribution >= 0.6 is 0 Å². The molecule has 36 heavy (non-hydrogen) atoms. The highest BCUT2D eigenvalue weighted by Crippen LogP contribution is 2.37. The van der Waals surface area contributed by atoms with Gasteiger partial charge in [-0.25, -0.2) is 15.0 Å². The third-order valence-electron chi connectivity index (χ3n) is 6.30. The summed E-state index contributed by atoms with van der Waals surface area (Å²) >= 11 is 0. The average Bonchev–Trinajstić information content (AvgIpc) is 3.54. The maximum absolute atomic E-state index is 12.7. The number of imidazole rings is 1. The number of anilines is 2. The number of amides is 1. The number of carbonyl (C=O) groups excluding carboxylic acids is 1. The van der Waals surface area contributed by atoms with E-state index in [0.29, 0.717) is 34.0 Å². The highest BCUT2D eigenvalue weighted by atomic mass is 16.3. The van der Waals surface area contributed by atoms with Gasteiger partial charge in [-0.2, -0.15) is 5.26 Å². The second kappa shape index (κ2) is 9.58. The van der Waals surface area contributed by atoms with Crippen molar-refractivity contribution in [2.24, 2.45) is 0 Å². The van der Waals surface area contributed by atoms with Gasteiger partial charge in [-0.1, -0.05) is 18.7 Å². The number of aromatic nitrogens is 4. The van der Waals surface area contributed by atoms with Crippen molar-refractivity contribution in [3.63, 3.8) is 0 Å². The molecule has 1 amide bonds. The Hall–Kier alpha value is -4.59. The van der Waals surface area contributed by atoms with Gasteiger partial charge in [0.05, 0.1) is 17.7 Å². The average molecular weight is 481 g/mol. The molecule has 10 heteroatoms. The molecule has 5 rings (SSSR count). The number of nitrogen functional groups attached to an aromatic ring is 1. The lowest BCUT2D eigenvalue weighted by atomic mass is 10.1. The molecule has 4 heterocycles. The van der Waals surface area contributed by atoms with E-state index in [2.05, 4.69) is 21.9 Å². The Morgan fingerprint density at radius 1 is 1.28 bits per heavy atom. The van der Waals surface area contributed by atoms with Crippen LogP contribution in [-0.4, -0.2) is 48.0 Å². The molecule has 0 bridgehead atoms. The zero-order chi connectivity index (χ0) is 25.2. The standard InChI is InChI=1S/C26H24N8O2/c1-2-21(35)33-12-3-4-19(33)25-32-22(23-24(28)30-11-13-34(23)25)17-5-7-18(8-6-17)26(36)31-20-14-16(15-27)9-10-29-20/h2,5-11,13-14,19,21,35H,1,3-4,12H2,(H2,28,30)(H,29,31,36)/t19-,21?/m0/s1. The topological polar surface area (TPSA) is 145 Å². The third-order valence-corrected chi connectivity index (χ3v) is 6.30. The Labute approximate surface area is 207 Å². The Bertz CT molecular complexity index is 1490. The summed E-state index contributed by atoms with van der Waals surface area (Å²) in [4.78, 5) is 28.0. The largest absolute Gasteiger partial charge is 0.382 e. The van der Waals surface area contributed by atoms with Gasteiger partial charge < -0.3 is 16.2 Å². The minimum absolute atomic E-state index is 0.109. The first-order valence-corrected chi connectivity index (χ1v) is 11.5. The predicted octanol–water partition coefficient (Wildman–Crippen LogP) is 3.14. The molecular weight excluding hydrogens is 456 g/mol. The number of aliphatic hydroxyl groups excluding tert-OH is 1. The molecular formula is C26H24N8O2. The molecule has 10 nitrogen and oxygen atoms in total.